The van der Waals surface area contributed by atoms with E-state index >= 15 is 0 Å². The molecule has 5 aliphatic heterocycles. The molecule has 5 fully saturated rings. The third-order valence-electron chi connectivity index (χ3n) is 19.2. The van der Waals surface area contributed by atoms with E-state index in [4.69, 9.17) is 50.2 Å². The number of ether oxygens (including phenoxy) is 10. The second kappa shape index (κ2) is 29.9. The number of aliphatic carboxylic acids is 1. The lowest BCUT2D eigenvalue weighted by atomic mass is 9.92. The molecule has 0 spiro atoms. The Kier molecular flexibility index (Phi) is 22.8. The Balaban J connectivity index is 0.000000151. The van der Waals surface area contributed by atoms with E-state index in [0.29, 0.717) is 80.7 Å². The SMILES string of the molecule is CC1(C)OC[C@@H](Cn2c(C(C)(C)C)cc3cc(N)ccc32)O1.CC1(C)OC[C@@H](Cn2c(C(C)(C)C)cc3cc(NC(=O)C4(c5ccc6c(c5)OC(F)(F)O6)CC4)ccc32)O1.CCN(CC)CC.O=C(Cl)C1(c2ccc3c(c2)OC(F)(F)O3)CC1.O=C(O)C1(c2ccc3c(c2)OC(F)(F)O3)CC1.O=S([O-])Cl. The number of carboxylic acid groups (broad SMARTS) is 1. The lowest BCUT2D eigenvalue weighted by Gasteiger charge is -2.24. The molecule has 1 amide bonds. The van der Waals surface area contributed by atoms with Crippen LogP contribution in [-0.4, -0.2) is 121 Å². The van der Waals surface area contributed by atoms with Crippen LogP contribution in [0, 0.1) is 0 Å². The summed E-state index contributed by atoms with van der Waals surface area (Å²) >= 11 is 5.51. The fraction of sp³-hybridized carbons (Fsp3) is 0.507. The summed E-state index contributed by atoms with van der Waals surface area (Å²) < 4.78 is 150. The lowest BCUT2D eigenvalue weighted by molar-refractivity contribution is -0.287. The number of amides is 1. The Labute approximate surface area is 616 Å². The number of carbonyl (C=O) groups is 3. The third-order valence-corrected chi connectivity index (χ3v) is 19.6. The highest BCUT2D eigenvalue weighted by atomic mass is 35.7. The number of anilines is 2. The van der Waals surface area contributed by atoms with E-state index in [2.05, 4.69) is 139 Å². The molecule has 7 aromatic rings. The number of nitrogens with one attached hydrogen (secondary N) is 1. The molecular weight excluding hydrogens is 1440 g/mol. The van der Waals surface area contributed by atoms with Crippen LogP contribution in [0.4, 0.5) is 37.7 Å². The molecule has 2 saturated heterocycles. The predicted octanol–water partition coefficient (Wildman–Crippen LogP) is 16.1. The standard InChI is InChI=1S/C29H32F2N2O5.C18H26N2O2.C11H7ClF2O3.C11H8F2O4.C6H15N.ClHO2S/c1-26(2,3)24-13-17-12-19(7-8-21(17)33(24)15-20-16-35-27(4,5)36-20)32-25(34)28(10-11-28)18-6-9-22-23(14-18)38-29(30,31)37-22;1-17(2,3)16-9-12-8-13(19)6-7-15(12)20(16)10-14-11-21-18(4,5)22-14;12-9(15)10(3-4-10)6-1-2-7-8(5-6)17-11(13,14)16-7;12-11(13)16-7-2-1-6(5-8(7)17-11)10(3-4-10)9(14)15;1-4-7(5-2)6-3;1-4(2)3/h6-9,12-14,20H,10-11,15-16H2,1-5H3,(H,32,34);6-9,14H,10-11,19H2,1-5H3;1-2,5H,3-4H2;1-2,5H,3-4H2,(H,14,15);4-6H2,1-3H3;(H,2,3)/p-1/t20-;14-;;;;/m11..../s1. The molecule has 3 saturated carbocycles. The number of benzene rings is 5. The molecule has 105 heavy (non-hydrogen) atoms. The van der Waals surface area contributed by atoms with Gasteiger partial charge in [0.15, 0.2) is 46.1 Å². The van der Waals surface area contributed by atoms with Crippen LogP contribution in [0.25, 0.3) is 21.8 Å². The molecule has 2 aromatic heterocycles. The maximum absolute atomic E-state index is 13.5. The van der Waals surface area contributed by atoms with Gasteiger partial charge in [-0.3, -0.25) is 18.6 Å². The molecule has 15 rings (SSSR count). The van der Waals surface area contributed by atoms with E-state index in [-0.39, 0.29) is 63.4 Å². The van der Waals surface area contributed by atoms with Crippen molar-refractivity contribution in [3.63, 3.8) is 0 Å². The number of alkyl halides is 6. The highest BCUT2D eigenvalue weighted by Gasteiger charge is 2.56. The molecule has 30 heteroatoms. The zero-order valence-corrected chi connectivity index (χ0v) is 62.9. The zero-order valence-electron chi connectivity index (χ0n) is 60.6. The van der Waals surface area contributed by atoms with Gasteiger partial charge in [0.25, 0.3) is 0 Å². The van der Waals surface area contributed by atoms with E-state index in [0.717, 1.165) is 23.1 Å². The Morgan fingerprint density at radius 2 is 0.914 bits per heavy atom. The maximum atomic E-state index is 13.5. The highest BCUT2D eigenvalue weighted by Crippen LogP contribution is 2.55. The number of carboxylic acids is 1. The van der Waals surface area contributed by atoms with Crippen LogP contribution < -0.4 is 39.5 Å². The number of fused-ring (bicyclic) bond motifs is 5. The molecular formula is C75H88Cl2F6N5O16S-. The number of nitrogen functional groups attached to an aromatic ring is 1. The molecule has 21 nitrogen and oxygen atoms in total. The number of hydrogen-bond donors (Lipinski definition) is 3. The monoisotopic (exact) mass is 1530 g/mol. The first kappa shape index (κ1) is 80.0. The summed E-state index contributed by atoms with van der Waals surface area (Å²) in [4.78, 5) is 38.2. The normalized spacial score (nSPS) is 21.2. The van der Waals surface area contributed by atoms with Crippen molar-refractivity contribution in [2.24, 2.45) is 0 Å². The van der Waals surface area contributed by atoms with Crippen molar-refractivity contribution < 1.29 is 102 Å². The van der Waals surface area contributed by atoms with Gasteiger partial charge in [-0.15, -0.1) is 26.3 Å². The average molecular weight is 1530 g/mol. The van der Waals surface area contributed by atoms with Crippen molar-refractivity contribution in [2.45, 2.75) is 211 Å². The first-order chi connectivity index (χ1) is 48.8. The Morgan fingerprint density at radius 3 is 1.24 bits per heavy atom. The van der Waals surface area contributed by atoms with Gasteiger partial charge in [0.05, 0.1) is 42.5 Å². The van der Waals surface area contributed by atoms with Gasteiger partial charge in [0, 0.05) is 65.7 Å². The number of nitrogens with two attached hydrogens (primary N) is 1. The van der Waals surface area contributed by atoms with Crippen LogP contribution in [0.5, 0.6) is 34.5 Å². The number of rotatable bonds is 14. The molecule has 3 atom stereocenters. The summed E-state index contributed by atoms with van der Waals surface area (Å²) in [5.74, 6) is -2.54. The Hall–Kier alpha value is -7.54. The minimum Gasteiger partial charge on any atom is -0.760 e. The summed E-state index contributed by atoms with van der Waals surface area (Å²) in [6.07, 6.45) is -7.44. The van der Waals surface area contributed by atoms with E-state index in [1.54, 1.807) is 12.1 Å². The quantitative estimate of drug-likeness (QED) is 0.0396. The van der Waals surface area contributed by atoms with Crippen molar-refractivity contribution in [3.8, 4) is 34.5 Å². The fourth-order valence-electron chi connectivity index (χ4n) is 13.3. The summed E-state index contributed by atoms with van der Waals surface area (Å²) in [6, 6.07) is 29.4. The van der Waals surface area contributed by atoms with E-state index < -0.39 is 68.2 Å². The van der Waals surface area contributed by atoms with Gasteiger partial charge >= 0.3 is 24.9 Å². The van der Waals surface area contributed by atoms with Gasteiger partial charge in [-0.25, -0.2) is 0 Å². The van der Waals surface area contributed by atoms with Crippen LogP contribution in [-0.2, 0) is 83.8 Å². The van der Waals surface area contributed by atoms with Gasteiger partial charge in [0.2, 0.25) is 11.1 Å². The Morgan fingerprint density at radius 1 is 0.562 bits per heavy atom. The molecule has 4 N–H and O–H groups in total. The molecule has 572 valence electrons. The van der Waals surface area contributed by atoms with Crippen LogP contribution in [0.2, 0.25) is 0 Å². The van der Waals surface area contributed by atoms with Gasteiger partial charge in [-0.1, -0.05) is 80.5 Å². The number of hydrogen-bond acceptors (Lipinski definition) is 17. The minimum atomic E-state index is -3.69. The molecule has 0 bridgehead atoms. The van der Waals surface area contributed by atoms with E-state index in [9.17, 15) is 40.7 Å². The van der Waals surface area contributed by atoms with Crippen LogP contribution in [0.3, 0.4) is 0 Å². The summed E-state index contributed by atoms with van der Waals surface area (Å²) in [7, 11) is 1.80. The number of aromatic nitrogens is 2. The van der Waals surface area contributed by atoms with Crippen molar-refractivity contribution in [3.05, 3.63) is 131 Å². The van der Waals surface area contributed by atoms with Gasteiger partial charge in [-0.2, -0.15) is 0 Å². The maximum Gasteiger partial charge on any atom is 0.586 e. The fourth-order valence-corrected chi connectivity index (χ4v) is 13.6. The van der Waals surface area contributed by atoms with Crippen LogP contribution in [0.1, 0.15) is 157 Å². The van der Waals surface area contributed by atoms with Crippen molar-refractivity contribution >= 4 is 82.9 Å². The largest absolute Gasteiger partial charge is 0.760 e. The van der Waals surface area contributed by atoms with Crippen molar-refractivity contribution in [1.82, 2.24) is 14.0 Å². The van der Waals surface area contributed by atoms with Crippen LogP contribution >= 0.6 is 22.3 Å². The van der Waals surface area contributed by atoms with Gasteiger partial charge < -0.3 is 82.1 Å². The molecule has 3 aliphatic carbocycles. The first-order valence-corrected chi connectivity index (χ1v) is 36.7. The number of carbonyl (C=O) groups excluding carboxylic acids is 2. The van der Waals surface area contributed by atoms with Gasteiger partial charge in [-0.05, 0) is 210 Å². The zero-order chi connectivity index (χ0) is 77.0. The predicted molar refractivity (Wildman–Crippen MR) is 382 cm³/mol. The summed E-state index contributed by atoms with van der Waals surface area (Å²) in [5.41, 5.74) is 11.4. The number of halogens is 8. The summed E-state index contributed by atoms with van der Waals surface area (Å²) in [6.45, 7) is 33.7. The minimum absolute atomic E-state index is 0.0299. The molecule has 8 aliphatic rings. The second-order valence-electron chi connectivity index (χ2n) is 29.9. The average Bonchev–Trinajstić information content (AvgIpc) is 1.61. The smallest absolute Gasteiger partial charge is 0.586 e. The molecule has 7 heterocycles. The summed E-state index contributed by atoms with van der Waals surface area (Å²) in [5, 5.41) is 13.9. The van der Waals surface area contributed by atoms with Crippen molar-refractivity contribution in [2.75, 3.05) is 43.9 Å². The second-order valence-corrected chi connectivity index (χ2v) is 31.3. The Bertz CT molecular complexity index is 4300. The first-order valence-electron chi connectivity index (χ1n) is 34.4. The molecule has 1 unspecified atom stereocenters. The third kappa shape index (κ3) is 18.7. The molecule has 5 aromatic carbocycles. The van der Waals surface area contributed by atoms with E-state index in [1.807, 2.05) is 58.0 Å². The lowest BCUT2D eigenvalue weighted by Crippen LogP contribution is -2.28. The number of nitrogens with zero attached hydrogens (tertiary/aromatic N) is 3. The van der Waals surface area contributed by atoms with E-state index in [1.165, 1.54) is 84.4 Å². The van der Waals surface area contributed by atoms with Gasteiger partial charge in [0.1, 0.15) is 12.2 Å². The molecule has 0 radical (unpaired) electrons. The highest BCUT2D eigenvalue weighted by molar-refractivity contribution is 8.03. The van der Waals surface area contributed by atoms with Crippen LogP contribution in [0.15, 0.2) is 103 Å². The topological polar surface area (TPSA) is 255 Å². The van der Waals surface area contributed by atoms with Crippen molar-refractivity contribution in [1.29, 1.82) is 0 Å².